The van der Waals surface area contributed by atoms with Gasteiger partial charge in [-0.3, -0.25) is 14.4 Å². The van der Waals surface area contributed by atoms with Crippen molar-refractivity contribution in [2.24, 2.45) is 0 Å². The second kappa shape index (κ2) is 9.06. The molecule has 1 aliphatic rings. The molecule has 1 aromatic rings. The van der Waals surface area contributed by atoms with Gasteiger partial charge in [0.25, 0.3) is 0 Å². The van der Waals surface area contributed by atoms with Crippen molar-refractivity contribution in [3.8, 4) is 0 Å². The summed E-state index contributed by atoms with van der Waals surface area (Å²) in [5.74, 6) is -0.699. The lowest BCUT2D eigenvalue weighted by Gasteiger charge is -2.24. The number of nitrogens with zero attached hydrogens (tertiary/aromatic N) is 2. The number of halogens is 2. The molecule has 1 saturated heterocycles. The molecule has 136 valence electrons. The number of nitrogens with one attached hydrogen (secondary N) is 1. The largest absolute Gasteiger partial charge is 0.335 e. The van der Waals surface area contributed by atoms with Crippen molar-refractivity contribution in [3.63, 3.8) is 0 Å². The van der Waals surface area contributed by atoms with Crippen molar-refractivity contribution in [2.75, 3.05) is 32.0 Å². The molecular formula is C17H21Cl2N3O3. The van der Waals surface area contributed by atoms with Crippen molar-refractivity contribution in [1.29, 1.82) is 0 Å². The number of carbonyl (C=O) groups excluding carboxylic acids is 3. The molecule has 0 aromatic heterocycles. The number of anilines is 1. The van der Waals surface area contributed by atoms with Crippen molar-refractivity contribution in [3.05, 3.63) is 28.2 Å². The Morgan fingerprint density at radius 3 is 2.56 bits per heavy atom. The van der Waals surface area contributed by atoms with Gasteiger partial charge in [-0.1, -0.05) is 35.7 Å². The molecule has 6 nitrogen and oxygen atoms in total. The highest BCUT2D eigenvalue weighted by Crippen LogP contribution is 2.29. The summed E-state index contributed by atoms with van der Waals surface area (Å²) >= 11 is 12.0. The molecule has 0 radical (unpaired) electrons. The predicted octanol–water partition coefficient (Wildman–Crippen LogP) is 2.79. The van der Waals surface area contributed by atoms with E-state index in [1.807, 2.05) is 0 Å². The number of para-hydroxylation sites is 1. The lowest BCUT2D eigenvalue weighted by atomic mass is 10.2. The average Bonchev–Trinajstić information content (AvgIpc) is 2.76. The molecule has 2 rings (SSSR count). The first-order valence-electron chi connectivity index (χ1n) is 8.14. The van der Waals surface area contributed by atoms with Crippen molar-refractivity contribution < 1.29 is 14.4 Å². The Balaban J connectivity index is 1.89. The fourth-order valence-electron chi connectivity index (χ4n) is 2.59. The molecule has 1 aliphatic heterocycles. The van der Waals surface area contributed by atoms with Crippen molar-refractivity contribution in [2.45, 2.75) is 25.7 Å². The molecule has 25 heavy (non-hydrogen) atoms. The Morgan fingerprint density at radius 2 is 1.88 bits per heavy atom. The van der Waals surface area contributed by atoms with Crippen LogP contribution in [0.5, 0.6) is 0 Å². The van der Waals surface area contributed by atoms with E-state index in [0.717, 1.165) is 19.3 Å². The Labute approximate surface area is 157 Å². The van der Waals surface area contributed by atoms with Gasteiger partial charge in [0.05, 0.1) is 28.8 Å². The molecule has 1 heterocycles. The topological polar surface area (TPSA) is 69.7 Å². The SMILES string of the molecule is CN(CC(=O)Nc1c(Cl)cccc1Cl)C(=O)CN1CCCCCC1=O. The van der Waals surface area contributed by atoms with E-state index in [9.17, 15) is 14.4 Å². The molecule has 0 bridgehead atoms. The van der Waals surface area contributed by atoms with Crippen LogP contribution in [0.15, 0.2) is 18.2 Å². The van der Waals surface area contributed by atoms with Gasteiger partial charge in [0, 0.05) is 20.0 Å². The lowest BCUT2D eigenvalue weighted by molar-refractivity contribution is -0.140. The van der Waals surface area contributed by atoms with Gasteiger partial charge in [0.2, 0.25) is 17.7 Å². The maximum Gasteiger partial charge on any atom is 0.244 e. The third-order valence-corrected chi connectivity index (χ3v) is 4.66. The fourth-order valence-corrected chi connectivity index (χ4v) is 3.08. The van der Waals surface area contributed by atoms with Gasteiger partial charge in [-0.15, -0.1) is 0 Å². The Morgan fingerprint density at radius 1 is 1.20 bits per heavy atom. The van der Waals surface area contributed by atoms with Crippen LogP contribution in [-0.4, -0.2) is 54.2 Å². The maximum absolute atomic E-state index is 12.3. The second-order valence-corrected chi connectivity index (χ2v) is 6.83. The number of hydrogen-bond acceptors (Lipinski definition) is 3. The molecule has 3 amide bonds. The molecule has 8 heteroatoms. The number of likely N-dealkylation sites (tertiary alicyclic amines) is 1. The molecule has 1 N–H and O–H groups in total. The zero-order valence-corrected chi connectivity index (χ0v) is 15.6. The second-order valence-electron chi connectivity index (χ2n) is 6.02. The fraction of sp³-hybridized carbons (Fsp3) is 0.471. The van der Waals surface area contributed by atoms with Crippen LogP contribution in [0.2, 0.25) is 10.0 Å². The number of likely N-dealkylation sites (N-methyl/N-ethyl adjacent to an activating group) is 1. The Hall–Kier alpha value is -1.79. The minimum Gasteiger partial charge on any atom is -0.335 e. The van der Waals surface area contributed by atoms with E-state index in [1.165, 1.54) is 11.9 Å². The highest BCUT2D eigenvalue weighted by atomic mass is 35.5. The van der Waals surface area contributed by atoms with Gasteiger partial charge >= 0.3 is 0 Å². The molecule has 0 saturated carbocycles. The zero-order chi connectivity index (χ0) is 18.4. The molecule has 0 spiro atoms. The maximum atomic E-state index is 12.3. The van der Waals surface area contributed by atoms with E-state index in [2.05, 4.69) is 5.32 Å². The van der Waals surface area contributed by atoms with Crippen LogP contribution < -0.4 is 5.32 Å². The van der Waals surface area contributed by atoms with Crippen LogP contribution in [-0.2, 0) is 14.4 Å². The van der Waals surface area contributed by atoms with Crippen LogP contribution in [0.1, 0.15) is 25.7 Å². The van der Waals surface area contributed by atoms with Gasteiger partial charge in [-0.25, -0.2) is 0 Å². The average molecular weight is 386 g/mol. The highest BCUT2D eigenvalue weighted by molar-refractivity contribution is 6.39. The van der Waals surface area contributed by atoms with Crippen LogP contribution in [0.3, 0.4) is 0 Å². The summed E-state index contributed by atoms with van der Waals surface area (Å²) < 4.78 is 0. The van der Waals surface area contributed by atoms with Gasteiger partial charge in [0.1, 0.15) is 0 Å². The van der Waals surface area contributed by atoms with E-state index in [4.69, 9.17) is 23.2 Å². The highest BCUT2D eigenvalue weighted by Gasteiger charge is 2.22. The van der Waals surface area contributed by atoms with Crippen LogP contribution in [0.4, 0.5) is 5.69 Å². The number of amides is 3. The van der Waals surface area contributed by atoms with E-state index >= 15 is 0 Å². The smallest absolute Gasteiger partial charge is 0.244 e. The van der Waals surface area contributed by atoms with Crippen molar-refractivity contribution >= 4 is 46.6 Å². The van der Waals surface area contributed by atoms with Gasteiger partial charge in [0.15, 0.2) is 0 Å². The Kier molecular flexibility index (Phi) is 7.08. The van der Waals surface area contributed by atoms with E-state index in [1.54, 1.807) is 23.1 Å². The van der Waals surface area contributed by atoms with Gasteiger partial charge in [-0.2, -0.15) is 0 Å². The Bertz CT molecular complexity index is 646. The van der Waals surface area contributed by atoms with E-state index < -0.39 is 5.91 Å². The number of benzene rings is 1. The van der Waals surface area contributed by atoms with Crippen LogP contribution in [0, 0.1) is 0 Å². The van der Waals surface area contributed by atoms with Gasteiger partial charge in [-0.05, 0) is 25.0 Å². The summed E-state index contributed by atoms with van der Waals surface area (Å²) in [6.45, 7) is 0.428. The summed E-state index contributed by atoms with van der Waals surface area (Å²) in [6, 6.07) is 4.90. The molecule has 0 aliphatic carbocycles. The first-order chi connectivity index (χ1) is 11.9. The molecule has 0 unspecified atom stereocenters. The third-order valence-electron chi connectivity index (χ3n) is 4.03. The quantitative estimate of drug-likeness (QED) is 0.846. The van der Waals surface area contributed by atoms with Crippen LogP contribution >= 0.6 is 23.2 Å². The minimum atomic E-state index is -0.409. The minimum absolute atomic E-state index is 0.00450. The first kappa shape index (κ1) is 19.5. The normalized spacial score (nSPS) is 14.8. The molecular weight excluding hydrogens is 365 g/mol. The molecule has 1 aromatic carbocycles. The van der Waals surface area contributed by atoms with Gasteiger partial charge < -0.3 is 15.1 Å². The summed E-state index contributed by atoms with van der Waals surface area (Å²) in [5, 5.41) is 3.26. The summed E-state index contributed by atoms with van der Waals surface area (Å²) in [6.07, 6.45) is 3.23. The predicted molar refractivity (Wildman–Crippen MR) is 97.8 cm³/mol. The van der Waals surface area contributed by atoms with Crippen molar-refractivity contribution in [1.82, 2.24) is 9.80 Å². The molecule has 0 atom stereocenters. The standard InChI is InChI=1S/C17H21Cl2N3O3/c1-21(16(25)11-22-9-4-2-3-8-15(22)24)10-14(23)20-17-12(18)6-5-7-13(17)19/h5-7H,2-4,8-11H2,1H3,(H,20,23). The monoisotopic (exact) mass is 385 g/mol. The molecule has 1 fully saturated rings. The number of carbonyl (C=O) groups is 3. The summed E-state index contributed by atoms with van der Waals surface area (Å²) in [7, 11) is 1.53. The first-order valence-corrected chi connectivity index (χ1v) is 8.89. The lowest BCUT2D eigenvalue weighted by Crippen LogP contribution is -2.43. The van der Waals surface area contributed by atoms with E-state index in [-0.39, 0.29) is 24.9 Å². The van der Waals surface area contributed by atoms with E-state index in [0.29, 0.717) is 28.7 Å². The number of rotatable bonds is 5. The summed E-state index contributed by atoms with van der Waals surface area (Å²) in [5.41, 5.74) is 0.319. The van der Waals surface area contributed by atoms with Crippen LogP contribution in [0.25, 0.3) is 0 Å². The third kappa shape index (κ3) is 5.61. The number of hydrogen-bond donors (Lipinski definition) is 1. The zero-order valence-electron chi connectivity index (χ0n) is 14.1. The summed E-state index contributed by atoms with van der Waals surface area (Å²) in [4.78, 5) is 39.2.